The zero-order chi connectivity index (χ0) is 12.8. The Morgan fingerprint density at radius 2 is 1.72 bits per heavy atom. The van der Waals surface area contributed by atoms with Crippen LogP contribution in [0.5, 0.6) is 0 Å². The standard InChI is InChI=1S/C16H26O2/c1-12-8-13(2)15(14(3)9-12)10-17-16(18-11-15)6-4-5-7-16/h8,13-14H,4-7,9-11H2,1-3H3/t13-,14+/m0/s1. The van der Waals surface area contributed by atoms with Gasteiger partial charge in [0.25, 0.3) is 0 Å². The fraction of sp³-hybridized carbons (Fsp3) is 0.875. The van der Waals surface area contributed by atoms with Crippen LogP contribution in [-0.4, -0.2) is 19.0 Å². The van der Waals surface area contributed by atoms with Gasteiger partial charge in [-0.15, -0.1) is 0 Å². The van der Waals surface area contributed by atoms with Crippen LogP contribution >= 0.6 is 0 Å². The van der Waals surface area contributed by atoms with Crippen molar-refractivity contribution in [1.29, 1.82) is 0 Å². The topological polar surface area (TPSA) is 18.5 Å². The fourth-order valence-electron chi connectivity index (χ4n) is 4.16. The molecule has 0 radical (unpaired) electrons. The molecule has 0 bridgehead atoms. The second-order valence-electron chi connectivity index (χ2n) is 6.84. The van der Waals surface area contributed by atoms with Gasteiger partial charge in [-0.05, 0) is 38.0 Å². The van der Waals surface area contributed by atoms with Gasteiger partial charge >= 0.3 is 0 Å². The fourth-order valence-corrected chi connectivity index (χ4v) is 4.16. The number of hydrogen-bond donors (Lipinski definition) is 0. The summed E-state index contributed by atoms with van der Waals surface area (Å²) in [5.41, 5.74) is 1.75. The molecule has 0 aromatic rings. The van der Waals surface area contributed by atoms with E-state index >= 15 is 0 Å². The molecule has 0 unspecified atom stereocenters. The lowest BCUT2D eigenvalue weighted by molar-refractivity contribution is -0.314. The van der Waals surface area contributed by atoms with Crippen LogP contribution in [0, 0.1) is 17.3 Å². The van der Waals surface area contributed by atoms with Crippen molar-refractivity contribution in [1.82, 2.24) is 0 Å². The van der Waals surface area contributed by atoms with Crippen molar-refractivity contribution in [2.24, 2.45) is 17.3 Å². The molecule has 102 valence electrons. The molecular formula is C16H26O2. The molecule has 0 aromatic heterocycles. The molecule has 3 rings (SSSR count). The van der Waals surface area contributed by atoms with Gasteiger partial charge in [0.15, 0.2) is 5.79 Å². The van der Waals surface area contributed by atoms with Crippen molar-refractivity contribution in [3.63, 3.8) is 0 Å². The van der Waals surface area contributed by atoms with Crippen LogP contribution in [0.4, 0.5) is 0 Å². The number of hydrogen-bond acceptors (Lipinski definition) is 2. The molecule has 0 aromatic carbocycles. The average molecular weight is 250 g/mol. The molecule has 2 heteroatoms. The van der Waals surface area contributed by atoms with Crippen molar-refractivity contribution >= 4 is 0 Å². The Balaban J connectivity index is 1.77. The monoisotopic (exact) mass is 250 g/mol. The normalized spacial score (nSPS) is 38.1. The Morgan fingerprint density at radius 1 is 1.11 bits per heavy atom. The van der Waals surface area contributed by atoms with Gasteiger partial charge in [-0.25, -0.2) is 0 Å². The van der Waals surface area contributed by atoms with Gasteiger partial charge in [-0.2, -0.15) is 0 Å². The summed E-state index contributed by atoms with van der Waals surface area (Å²) in [5.74, 6) is 1.03. The van der Waals surface area contributed by atoms with E-state index in [0.29, 0.717) is 11.8 Å². The molecule has 1 heterocycles. The van der Waals surface area contributed by atoms with E-state index in [-0.39, 0.29) is 11.2 Å². The molecule has 2 spiro atoms. The summed E-state index contributed by atoms with van der Waals surface area (Å²) in [6.07, 6.45) is 8.35. The molecule has 3 aliphatic rings. The Kier molecular flexibility index (Phi) is 3.06. The van der Waals surface area contributed by atoms with Gasteiger partial charge in [0.1, 0.15) is 0 Å². The Hall–Kier alpha value is -0.340. The van der Waals surface area contributed by atoms with Crippen LogP contribution in [0.1, 0.15) is 52.9 Å². The van der Waals surface area contributed by atoms with Crippen LogP contribution < -0.4 is 0 Å². The van der Waals surface area contributed by atoms with Gasteiger partial charge in [0, 0.05) is 18.3 Å². The van der Waals surface area contributed by atoms with Crippen LogP contribution in [0.25, 0.3) is 0 Å². The quantitative estimate of drug-likeness (QED) is 0.607. The molecule has 0 N–H and O–H groups in total. The maximum Gasteiger partial charge on any atom is 0.168 e. The highest BCUT2D eigenvalue weighted by Gasteiger charge is 2.51. The van der Waals surface area contributed by atoms with Crippen molar-refractivity contribution < 1.29 is 9.47 Å². The lowest BCUT2D eigenvalue weighted by Gasteiger charge is -2.52. The number of ether oxygens (including phenoxy) is 2. The van der Waals surface area contributed by atoms with Gasteiger partial charge in [-0.3, -0.25) is 0 Å². The Labute approximate surface area is 111 Å². The van der Waals surface area contributed by atoms with Crippen LogP contribution in [0.15, 0.2) is 11.6 Å². The number of rotatable bonds is 0. The third-order valence-electron chi connectivity index (χ3n) is 5.62. The summed E-state index contributed by atoms with van der Waals surface area (Å²) in [4.78, 5) is 0. The molecule has 1 saturated carbocycles. The molecular weight excluding hydrogens is 224 g/mol. The lowest BCUT2D eigenvalue weighted by atomic mass is 9.63. The summed E-state index contributed by atoms with van der Waals surface area (Å²) in [7, 11) is 0. The minimum atomic E-state index is -0.207. The van der Waals surface area contributed by atoms with E-state index in [9.17, 15) is 0 Å². The summed E-state index contributed by atoms with van der Waals surface area (Å²) >= 11 is 0. The molecule has 1 saturated heterocycles. The van der Waals surface area contributed by atoms with E-state index in [1.165, 1.54) is 24.8 Å². The maximum absolute atomic E-state index is 6.24. The van der Waals surface area contributed by atoms with E-state index in [2.05, 4.69) is 26.8 Å². The first-order valence-electron chi connectivity index (χ1n) is 7.52. The van der Waals surface area contributed by atoms with Gasteiger partial charge in [0.2, 0.25) is 0 Å². The highest BCUT2D eigenvalue weighted by Crippen LogP contribution is 2.50. The first-order valence-corrected chi connectivity index (χ1v) is 7.52. The second-order valence-corrected chi connectivity index (χ2v) is 6.84. The molecule has 2 fully saturated rings. The van der Waals surface area contributed by atoms with Crippen molar-refractivity contribution in [3.8, 4) is 0 Å². The first kappa shape index (κ1) is 12.7. The highest BCUT2D eigenvalue weighted by atomic mass is 16.7. The summed E-state index contributed by atoms with van der Waals surface area (Å²) in [6.45, 7) is 8.73. The molecule has 0 amide bonds. The summed E-state index contributed by atoms with van der Waals surface area (Å²) in [5, 5.41) is 0. The van der Waals surface area contributed by atoms with E-state index in [1.54, 1.807) is 0 Å². The van der Waals surface area contributed by atoms with Crippen LogP contribution in [0.2, 0.25) is 0 Å². The van der Waals surface area contributed by atoms with Crippen LogP contribution in [0.3, 0.4) is 0 Å². The maximum atomic E-state index is 6.24. The molecule has 18 heavy (non-hydrogen) atoms. The predicted octanol–water partition coefficient (Wildman–Crippen LogP) is 3.91. The minimum absolute atomic E-state index is 0.207. The van der Waals surface area contributed by atoms with Gasteiger partial charge in [0.05, 0.1) is 13.2 Å². The zero-order valence-electron chi connectivity index (χ0n) is 12.0. The largest absolute Gasteiger partial charge is 0.349 e. The van der Waals surface area contributed by atoms with Crippen molar-refractivity contribution in [2.75, 3.05) is 13.2 Å². The third kappa shape index (κ3) is 1.85. The average Bonchev–Trinajstić information content (AvgIpc) is 2.77. The Bertz CT molecular complexity index is 342. The smallest absolute Gasteiger partial charge is 0.168 e. The van der Waals surface area contributed by atoms with Gasteiger partial charge < -0.3 is 9.47 Å². The van der Waals surface area contributed by atoms with Crippen molar-refractivity contribution in [3.05, 3.63) is 11.6 Å². The summed E-state index contributed by atoms with van der Waals surface area (Å²) < 4.78 is 12.5. The zero-order valence-corrected chi connectivity index (χ0v) is 12.0. The van der Waals surface area contributed by atoms with E-state index in [0.717, 1.165) is 26.1 Å². The van der Waals surface area contributed by atoms with E-state index in [1.807, 2.05) is 0 Å². The van der Waals surface area contributed by atoms with E-state index in [4.69, 9.17) is 9.47 Å². The SMILES string of the molecule is CC1=C[C@H](C)C2(COC3(CCCC3)OC2)[C@H](C)C1. The molecule has 2 aliphatic carbocycles. The Morgan fingerprint density at radius 3 is 2.28 bits per heavy atom. The number of allylic oxidation sites excluding steroid dienone is 2. The minimum Gasteiger partial charge on any atom is -0.349 e. The van der Waals surface area contributed by atoms with E-state index < -0.39 is 0 Å². The molecule has 1 aliphatic heterocycles. The van der Waals surface area contributed by atoms with Gasteiger partial charge in [-0.1, -0.05) is 25.5 Å². The molecule has 2 nitrogen and oxygen atoms in total. The van der Waals surface area contributed by atoms with Crippen molar-refractivity contribution in [2.45, 2.75) is 58.7 Å². The third-order valence-corrected chi connectivity index (χ3v) is 5.62. The lowest BCUT2D eigenvalue weighted by Crippen LogP contribution is -2.54. The first-order chi connectivity index (χ1) is 8.56. The second kappa shape index (κ2) is 4.35. The molecule has 2 atom stereocenters. The highest BCUT2D eigenvalue weighted by molar-refractivity contribution is 5.14. The predicted molar refractivity (Wildman–Crippen MR) is 72.2 cm³/mol. The summed E-state index contributed by atoms with van der Waals surface area (Å²) in [6, 6.07) is 0. The van der Waals surface area contributed by atoms with Crippen LogP contribution in [-0.2, 0) is 9.47 Å².